The van der Waals surface area contributed by atoms with Crippen LogP contribution in [0.4, 0.5) is 11.4 Å². The number of ether oxygens (including phenoxy) is 2. The summed E-state index contributed by atoms with van der Waals surface area (Å²) >= 11 is 0. The second-order valence-corrected chi connectivity index (χ2v) is 6.09. The van der Waals surface area contributed by atoms with Crippen LogP contribution in [0.5, 0.6) is 5.75 Å². The first-order valence-electron chi connectivity index (χ1n) is 8.47. The first-order valence-corrected chi connectivity index (χ1v) is 8.47. The van der Waals surface area contributed by atoms with Crippen molar-refractivity contribution in [3.05, 3.63) is 53.1 Å². The van der Waals surface area contributed by atoms with Crippen LogP contribution in [0.2, 0.25) is 0 Å². The standard InChI is InChI=1S/C20H22N2O4/c1-14-11-15(20(23)24)4-6-18(14)21-13-16-3-5-17(12-19(16)25-2)22-7-9-26-10-8-22/h3-6,11-13H,7-10H2,1-2H3,(H,23,24). The van der Waals surface area contributed by atoms with E-state index in [1.165, 1.54) is 0 Å². The Bertz CT molecular complexity index is 827. The Morgan fingerprint density at radius 3 is 2.65 bits per heavy atom. The number of hydrogen-bond acceptors (Lipinski definition) is 5. The van der Waals surface area contributed by atoms with Crippen LogP contribution in [0.3, 0.4) is 0 Å². The van der Waals surface area contributed by atoms with Crippen LogP contribution in [0.25, 0.3) is 0 Å². The third-order valence-electron chi connectivity index (χ3n) is 4.38. The van der Waals surface area contributed by atoms with E-state index in [4.69, 9.17) is 14.6 Å². The maximum Gasteiger partial charge on any atom is 0.335 e. The molecule has 3 rings (SSSR count). The van der Waals surface area contributed by atoms with E-state index >= 15 is 0 Å². The third kappa shape index (κ3) is 4.03. The number of anilines is 1. The van der Waals surface area contributed by atoms with Gasteiger partial charge in [-0.1, -0.05) is 0 Å². The number of carboxylic acid groups (broad SMARTS) is 1. The molecule has 0 saturated carbocycles. The number of methoxy groups -OCH3 is 1. The van der Waals surface area contributed by atoms with E-state index in [-0.39, 0.29) is 5.56 Å². The Balaban J connectivity index is 1.82. The number of morpholine rings is 1. The Kier molecular flexibility index (Phi) is 5.53. The highest BCUT2D eigenvalue weighted by Gasteiger charge is 2.13. The number of nitrogens with zero attached hydrogens (tertiary/aromatic N) is 2. The molecule has 1 saturated heterocycles. The monoisotopic (exact) mass is 354 g/mol. The molecule has 1 aliphatic rings. The molecule has 6 nitrogen and oxygen atoms in total. The van der Waals surface area contributed by atoms with Gasteiger partial charge in [0.2, 0.25) is 0 Å². The third-order valence-corrected chi connectivity index (χ3v) is 4.38. The smallest absolute Gasteiger partial charge is 0.335 e. The van der Waals surface area contributed by atoms with Gasteiger partial charge in [0, 0.05) is 36.6 Å². The van der Waals surface area contributed by atoms with E-state index in [1.807, 2.05) is 19.1 Å². The number of aryl methyl sites for hydroxylation is 1. The summed E-state index contributed by atoms with van der Waals surface area (Å²) in [6.07, 6.45) is 1.74. The summed E-state index contributed by atoms with van der Waals surface area (Å²) in [5.74, 6) is -0.193. The molecular formula is C20H22N2O4. The largest absolute Gasteiger partial charge is 0.496 e. The second kappa shape index (κ2) is 8.01. The minimum Gasteiger partial charge on any atom is -0.496 e. The van der Waals surface area contributed by atoms with Crippen molar-refractivity contribution in [2.75, 3.05) is 38.3 Å². The fourth-order valence-electron chi connectivity index (χ4n) is 2.90. The van der Waals surface area contributed by atoms with Crippen LogP contribution in [0, 0.1) is 6.92 Å². The molecule has 136 valence electrons. The molecule has 1 fully saturated rings. The average Bonchev–Trinajstić information content (AvgIpc) is 2.67. The number of carbonyl (C=O) groups is 1. The average molecular weight is 354 g/mol. The molecule has 0 unspecified atom stereocenters. The second-order valence-electron chi connectivity index (χ2n) is 6.09. The topological polar surface area (TPSA) is 71.4 Å². The number of aliphatic imine (C=N–C) groups is 1. The Hall–Kier alpha value is -2.86. The number of benzene rings is 2. The molecule has 0 aromatic heterocycles. The lowest BCUT2D eigenvalue weighted by molar-refractivity contribution is 0.0697. The van der Waals surface area contributed by atoms with Crippen molar-refractivity contribution < 1.29 is 19.4 Å². The van der Waals surface area contributed by atoms with Crippen molar-refractivity contribution in [3.8, 4) is 5.75 Å². The molecule has 0 atom stereocenters. The molecule has 1 heterocycles. The number of aromatic carboxylic acids is 1. The van der Waals surface area contributed by atoms with Gasteiger partial charge >= 0.3 is 5.97 Å². The summed E-state index contributed by atoms with van der Waals surface area (Å²) in [4.78, 5) is 17.8. The molecule has 1 aliphatic heterocycles. The molecule has 2 aromatic rings. The van der Waals surface area contributed by atoms with Crippen LogP contribution < -0.4 is 9.64 Å². The summed E-state index contributed by atoms with van der Waals surface area (Å²) in [6.45, 7) is 5.05. The Morgan fingerprint density at radius 1 is 1.23 bits per heavy atom. The SMILES string of the molecule is COc1cc(N2CCOCC2)ccc1C=Nc1ccc(C(=O)O)cc1C. The molecule has 0 spiro atoms. The maximum atomic E-state index is 11.0. The van der Waals surface area contributed by atoms with Gasteiger partial charge in [-0.2, -0.15) is 0 Å². The quantitative estimate of drug-likeness (QED) is 0.834. The first kappa shape index (κ1) is 17.9. The van der Waals surface area contributed by atoms with E-state index in [9.17, 15) is 4.79 Å². The van der Waals surface area contributed by atoms with Gasteiger partial charge < -0.3 is 19.5 Å². The van der Waals surface area contributed by atoms with E-state index in [1.54, 1.807) is 31.5 Å². The molecule has 2 aromatic carbocycles. The maximum absolute atomic E-state index is 11.0. The lowest BCUT2D eigenvalue weighted by atomic mass is 10.1. The van der Waals surface area contributed by atoms with Crippen molar-refractivity contribution in [1.29, 1.82) is 0 Å². The molecule has 6 heteroatoms. The van der Waals surface area contributed by atoms with E-state index in [0.717, 1.165) is 54.6 Å². The summed E-state index contributed by atoms with van der Waals surface area (Å²) in [7, 11) is 1.64. The molecule has 1 N–H and O–H groups in total. The number of carboxylic acids is 1. The normalized spacial score (nSPS) is 14.6. The highest BCUT2D eigenvalue weighted by molar-refractivity contribution is 5.89. The summed E-state index contributed by atoms with van der Waals surface area (Å²) in [5, 5.41) is 9.04. The van der Waals surface area contributed by atoms with Crippen LogP contribution in [0.15, 0.2) is 41.4 Å². The van der Waals surface area contributed by atoms with Crippen molar-refractivity contribution in [2.45, 2.75) is 6.92 Å². The van der Waals surface area contributed by atoms with E-state index < -0.39 is 5.97 Å². The van der Waals surface area contributed by atoms with Gasteiger partial charge in [0.05, 0.1) is 31.6 Å². The van der Waals surface area contributed by atoms with Gasteiger partial charge in [0.15, 0.2) is 0 Å². The van der Waals surface area contributed by atoms with E-state index in [2.05, 4.69) is 16.0 Å². The lowest BCUT2D eigenvalue weighted by Crippen LogP contribution is -2.36. The van der Waals surface area contributed by atoms with Gasteiger partial charge in [-0.05, 0) is 42.8 Å². The number of hydrogen-bond donors (Lipinski definition) is 1. The zero-order valence-corrected chi connectivity index (χ0v) is 14.9. The summed E-state index contributed by atoms with van der Waals surface area (Å²) < 4.78 is 10.9. The molecule has 0 bridgehead atoms. The molecule has 0 radical (unpaired) electrons. The van der Waals surface area contributed by atoms with Crippen LogP contribution in [-0.2, 0) is 4.74 Å². The predicted molar refractivity (Wildman–Crippen MR) is 101 cm³/mol. The lowest BCUT2D eigenvalue weighted by Gasteiger charge is -2.29. The highest BCUT2D eigenvalue weighted by Crippen LogP contribution is 2.26. The molecule has 0 amide bonds. The number of rotatable bonds is 5. The Morgan fingerprint density at radius 2 is 2.00 bits per heavy atom. The van der Waals surface area contributed by atoms with E-state index in [0.29, 0.717) is 0 Å². The highest BCUT2D eigenvalue weighted by atomic mass is 16.5. The van der Waals surface area contributed by atoms with Gasteiger partial charge in [-0.25, -0.2) is 4.79 Å². The molecular weight excluding hydrogens is 332 g/mol. The minimum absolute atomic E-state index is 0.258. The zero-order valence-electron chi connectivity index (χ0n) is 14.9. The Labute approximate surface area is 152 Å². The molecule has 26 heavy (non-hydrogen) atoms. The van der Waals surface area contributed by atoms with Crippen molar-refractivity contribution in [2.24, 2.45) is 4.99 Å². The zero-order chi connectivity index (χ0) is 18.5. The fraction of sp³-hybridized carbons (Fsp3) is 0.300. The van der Waals surface area contributed by atoms with Gasteiger partial charge in [0.25, 0.3) is 0 Å². The van der Waals surface area contributed by atoms with Gasteiger partial charge in [-0.3, -0.25) is 4.99 Å². The predicted octanol–water partition coefficient (Wildman–Crippen LogP) is 3.29. The van der Waals surface area contributed by atoms with Crippen LogP contribution in [0.1, 0.15) is 21.5 Å². The van der Waals surface area contributed by atoms with Crippen molar-refractivity contribution >= 4 is 23.6 Å². The van der Waals surface area contributed by atoms with Crippen LogP contribution >= 0.6 is 0 Å². The fourth-order valence-corrected chi connectivity index (χ4v) is 2.90. The van der Waals surface area contributed by atoms with Crippen molar-refractivity contribution in [1.82, 2.24) is 0 Å². The summed E-state index contributed by atoms with van der Waals surface area (Å²) in [5.41, 5.74) is 3.77. The van der Waals surface area contributed by atoms with Gasteiger partial charge in [0.1, 0.15) is 5.75 Å². The first-order chi connectivity index (χ1) is 12.6. The molecule has 0 aliphatic carbocycles. The van der Waals surface area contributed by atoms with Gasteiger partial charge in [-0.15, -0.1) is 0 Å². The summed E-state index contributed by atoms with van der Waals surface area (Å²) in [6, 6.07) is 10.9. The minimum atomic E-state index is -0.941. The van der Waals surface area contributed by atoms with Crippen molar-refractivity contribution in [3.63, 3.8) is 0 Å². The van der Waals surface area contributed by atoms with Crippen LogP contribution in [-0.4, -0.2) is 50.7 Å².